The summed E-state index contributed by atoms with van der Waals surface area (Å²) in [6, 6.07) is 7.11. The molecule has 118 valence electrons. The van der Waals surface area contributed by atoms with Crippen LogP contribution in [0.15, 0.2) is 29.2 Å². The predicted molar refractivity (Wildman–Crippen MR) is 82.6 cm³/mol. The molecular weight excluding hydrogens is 288 g/mol. The number of benzene rings is 1. The number of sulfonamides is 1. The van der Waals surface area contributed by atoms with Gasteiger partial charge >= 0.3 is 0 Å². The monoisotopic (exact) mass is 312 g/mol. The van der Waals surface area contributed by atoms with Crippen molar-refractivity contribution in [1.82, 2.24) is 10.0 Å². The number of hydrogen-bond donors (Lipinski definition) is 2. The molecule has 6 heteroatoms. The number of nitrogens with one attached hydrogen (secondary N) is 2. The van der Waals surface area contributed by atoms with Crippen molar-refractivity contribution in [3.05, 3.63) is 29.8 Å². The lowest BCUT2D eigenvalue weighted by Crippen LogP contribution is -2.28. The van der Waals surface area contributed by atoms with Gasteiger partial charge in [-0.2, -0.15) is 0 Å². The summed E-state index contributed by atoms with van der Waals surface area (Å²) in [5.74, 6) is 0.696. The van der Waals surface area contributed by atoms with Crippen molar-refractivity contribution in [2.24, 2.45) is 5.92 Å². The van der Waals surface area contributed by atoms with Crippen LogP contribution in [0.4, 0.5) is 0 Å². The molecule has 1 fully saturated rings. The molecule has 1 aromatic carbocycles. The quantitative estimate of drug-likeness (QED) is 0.681. The molecule has 0 heterocycles. The predicted octanol–water partition coefficient (Wildman–Crippen LogP) is 1.67. The number of rotatable bonds is 9. The van der Waals surface area contributed by atoms with E-state index in [1.165, 1.54) is 12.8 Å². The van der Waals surface area contributed by atoms with Crippen molar-refractivity contribution in [1.29, 1.82) is 0 Å². The van der Waals surface area contributed by atoms with Crippen LogP contribution in [0.2, 0.25) is 0 Å². The highest BCUT2D eigenvalue weighted by atomic mass is 32.2. The van der Waals surface area contributed by atoms with Gasteiger partial charge in [0.1, 0.15) is 0 Å². The van der Waals surface area contributed by atoms with E-state index in [1.807, 2.05) is 20.0 Å². The third-order valence-electron chi connectivity index (χ3n) is 3.69. The third-order valence-corrected chi connectivity index (χ3v) is 5.15. The Morgan fingerprint density at radius 2 is 2.14 bits per heavy atom. The van der Waals surface area contributed by atoms with Gasteiger partial charge in [0.25, 0.3) is 0 Å². The van der Waals surface area contributed by atoms with E-state index in [9.17, 15) is 8.42 Å². The molecule has 0 aliphatic heterocycles. The first-order valence-corrected chi connectivity index (χ1v) is 8.86. The van der Waals surface area contributed by atoms with E-state index in [1.54, 1.807) is 18.2 Å². The molecule has 0 aromatic heterocycles. The first-order chi connectivity index (χ1) is 10.0. The highest BCUT2D eigenvalue weighted by molar-refractivity contribution is 7.89. The van der Waals surface area contributed by atoms with Crippen molar-refractivity contribution in [3.63, 3.8) is 0 Å². The zero-order valence-corrected chi connectivity index (χ0v) is 13.4. The molecule has 1 atom stereocenters. The van der Waals surface area contributed by atoms with Crippen LogP contribution < -0.4 is 10.0 Å². The van der Waals surface area contributed by atoms with Gasteiger partial charge < -0.3 is 10.1 Å². The molecule has 1 aliphatic carbocycles. The molecule has 5 nitrogen and oxygen atoms in total. The fourth-order valence-electron chi connectivity index (χ4n) is 1.98. The van der Waals surface area contributed by atoms with Gasteiger partial charge in [-0.1, -0.05) is 12.1 Å². The Labute approximate surface area is 127 Å². The van der Waals surface area contributed by atoms with Crippen LogP contribution in [0, 0.1) is 5.92 Å². The summed E-state index contributed by atoms with van der Waals surface area (Å²) in [6.45, 7) is 3.46. The largest absolute Gasteiger partial charge is 0.380 e. The van der Waals surface area contributed by atoms with Crippen molar-refractivity contribution in [2.75, 3.05) is 26.8 Å². The lowest BCUT2D eigenvalue weighted by Gasteiger charge is -2.13. The second-order valence-corrected chi connectivity index (χ2v) is 7.27. The molecule has 0 saturated heterocycles. The SMILES string of the molecule is CNC(C)c1cccc(S(=O)(=O)NCCOCC2CC2)c1. The van der Waals surface area contributed by atoms with Gasteiger partial charge in [0.15, 0.2) is 0 Å². The van der Waals surface area contributed by atoms with Crippen LogP contribution in [-0.2, 0) is 14.8 Å². The van der Waals surface area contributed by atoms with Crippen LogP contribution in [0.3, 0.4) is 0 Å². The Bertz CT molecular complexity index is 556. The molecule has 1 saturated carbocycles. The maximum Gasteiger partial charge on any atom is 0.240 e. The molecule has 2 rings (SSSR count). The van der Waals surface area contributed by atoms with Crippen LogP contribution in [0.1, 0.15) is 31.4 Å². The van der Waals surface area contributed by atoms with E-state index in [2.05, 4.69) is 10.0 Å². The topological polar surface area (TPSA) is 67.4 Å². The minimum absolute atomic E-state index is 0.113. The molecule has 1 aliphatic rings. The first-order valence-electron chi connectivity index (χ1n) is 7.37. The number of ether oxygens (including phenoxy) is 1. The van der Waals surface area contributed by atoms with Crippen molar-refractivity contribution in [2.45, 2.75) is 30.7 Å². The minimum Gasteiger partial charge on any atom is -0.380 e. The zero-order chi connectivity index (χ0) is 15.3. The van der Waals surface area contributed by atoms with Crippen LogP contribution in [0.5, 0.6) is 0 Å². The standard InChI is InChI=1S/C15H24N2O3S/c1-12(16-2)14-4-3-5-15(10-14)21(18,19)17-8-9-20-11-13-6-7-13/h3-5,10,12-13,16-17H,6-9,11H2,1-2H3. The summed E-state index contributed by atoms with van der Waals surface area (Å²) < 4.78 is 32.4. The van der Waals surface area contributed by atoms with Gasteiger partial charge in [-0.15, -0.1) is 0 Å². The Kier molecular flexibility index (Phi) is 5.75. The fourth-order valence-corrected chi connectivity index (χ4v) is 3.05. The van der Waals surface area contributed by atoms with Gasteiger partial charge in [0.05, 0.1) is 11.5 Å². The molecule has 0 bridgehead atoms. The summed E-state index contributed by atoms with van der Waals surface area (Å²) >= 11 is 0. The maximum atomic E-state index is 12.2. The smallest absolute Gasteiger partial charge is 0.240 e. The average Bonchev–Trinajstić information content (AvgIpc) is 3.30. The average molecular weight is 312 g/mol. The lowest BCUT2D eigenvalue weighted by atomic mass is 10.1. The normalized spacial score (nSPS) is 16.9. The summed E-state index contributed by atoms with van der Waals surface area (Å²) in [5.41, 5.74) is 0.949. The van der Waals surface area contributed by atoms with E-state index >= 15 is 0 Å². The highest BCUT2D eigenvalue weighted by Gasteiger charge is 2.21. The second kappa shape index (κ2) is 7.35. The summed E-state index contributed by atoms with van der Waals surface area (Å²) in [4.78, 5) is 0.296. The van der Waals surface area contributed by atoms with E-state index < -0.39 is 10.0 Å². The van der Waals surface area contributed by atoms with E-state index in [4.69, 9.17) is 4.74 Å². The molecule has 21 heavy (non-hydrogen) atoms. The molecule has 1 unspecified atom stereocenters. The molecule has 0 amide bonds. The van der Waals surface area contributed by atoms with Crippen molar-refractivity contribution in [3.8, 4) is 0 Å². The van der Waals surface area contributed by atoms with Gasteiger partial charge in [-0.05, 0) is 50.4 Å². The first kappa shape index (κ1) is 16.4. The zero-order valence-electron chi connectivity index (χ0n) is 12.6. The van der Waals surface area contributed by atoms with Crippen LogP contribution >= 0.6 is 0 Å². The Morgan fingerprint density at radius 1 is 1.38 bits per heavy atom. The van der Waals surface area contributed by atoms with Gasteiger partial charge in [0.2, 0.25) is 10.0 Å². The summed E-state index contributed by atoms with van der Waals surface area (Å²) in [6.07, 6.45) is 2.48. The Balaban J connectivity index is 1.88. The fraction of sp³-hybridized carbons (Fsp3) is 0.600. The molecule has 0 spiro atoms. The lowest BCUT2D eigenvalue weighted by molar-refractivity contribution is 0.129. The third kappa shape index (κ3) is 5.07. The van der Waals surface area contributed by atoms with Crippen molar-refractivity contribution >= 4 is 10.0 Å². The summed E-state index contributed by atoms with van der Waals surface area (Å²) in [5, 5.41) is 3.10. The maximum absolute atomic E-state index is 12.2. The van der Waals surface area contributed by atoms with E-state index in [-0.39, 0.29) is 6.04 Å². The van der Waals surface area contributed by atoms with E-state index in [0.717, 1.165) is 12.2 Å². The molecule has 2 N–H and O–H groups in total. The van der Waals surface area contributed by atoms with Gasteiger partial charge in [-0.25, -0.2) is 13.1 Å². The minimum atomic E-state index is -3.47. The molecule has 0 radical (unpaired) electrons. The van der Waals surface area contributed by atoms with Crippen LogP contribution in [-0.4, -0.2) is 35.2 Å². The van der Waals surface area contributed by atoms with Gasteiger partial charge in [-0.3, -0.25) is 0 Å². The molecule has 1 aromatic rings. The van der Waals surface area contributed by atoms with Crippen molar-refractivity contribution < 1.29 is 13.2 Å². The van der Waals surface area contributed by atoms with E-state index in [0.29, 0.717) is 24.0 Å². The highest BCUT2D eigenvalue weighted by Crippen LogP contribution is 2.28. The second-order valence-electron chi connectivity index (χ2n) is 5.50. The van der Waals surface area contributed by atoms with Gasteiger partial charge in [0, 0.05) is 19.2 Å². The Morgan fingerprint density at radius 3 is 2.81 bits per heavy atom. The molecular formula is C15H24N2O3S. The number of hydrogen-bond acceptors (Lipinski definition) is 4. The summed E-state index contributed by atoms with van der Waals surface area (Å²) in [7, 11) is -1.62. The Hall–Kier alpha value is -0.950. The van der Waals surface area contributed by atoms with Crippen LogP contribution in [0.25, 0.3) is 0 Å².